The molecule has 0 aliphatic heterocycles. The van der Waals surface area contributed by atoms with Crippen molar-refractivity contribution in [3.63, 3.8) is 0 Å². The maximum atomic E-state index is 11.9. The molecular formula is C13H17NO2. The van der Waals surface area contributed by atoms with E-state index in [2.05, 4.69) is 0 Å². The summed E-state index contributed by atoms with van der Waals surface area (Å²) in [7, 11) is 0. The fourth-order valence-electron chi connectivity index (χ4n) is 2.38. The predicted octanol–water partition coefficient (Wildman–Crippen LogP) is 1.80. The zero-order chi connectivity index (χ0) is 11.5. The molecule has 0 saturated heterocycles. The van der Waals surface area contributed by atoms with E-state index in [0.29, 0.717) is 18.5 Å². The lowest BCUT2D eigenvalue weighted by Gasteiger charge is -2.19. The van der Waals surface area contributed by atoms with Gasteiger partial charge >= 0.3 is 0 Å². The second kappa shape index (κ2) is 4.66. The number of aromatic hydroxyl groups is 1. The highest BCUT2D eigenvalue weighted by Gasteiger charge is 2.20. The molecule has 0 spiro atoms. The normalized spacial score (nSPS) is 14.6. The standard InChI is InChI=1S/C13H17NO2/c14-8-7-12(16)13-10-4-2-1-3-9(10)5-6-11(13)15/h5-6,15H,1-4,7-8,14H2. The summed E-state index contributed by atoms with van der Waals surface area (Å²) in [6, 6.07) is 3.57. The maximum Gasteiger partial charge on any atom is 0.168 e. The number of nitrogens with two attached hydrogens (primary N) is 1. The number of fused-ring (bicyclic) bond motifs is 1. The Morgan fingerprint density at radius 2 is 2.06 bits per heavy atom. The number of carbonyl (C=O) groups is 1. The Bertz CT molecular complexity index is 413. The minimum atomic E-state index is -0.0289. The van der Waals surface area contributed by atoms with Gasteiger partial charge in [-0.25, -0.2) is 0 Å². The van der Waals surface area contributed by atoms with Gasteiger partial charge in [-0.3, -0.25) is 4.79 Å². The van der Waals surface area contributed by atoms with Gasteiger partial charge in [-0.15, -0.1) is 0 Å². The maximum absolute atomic E-state index is 11.9. The van der Waals surface area contributed by atoms with Gasteiger partial charge in [0, 0.05) is 6.42 Å². The molecule has 0 fully saturated rings. The van der Waals surface area contributed by atoms with Gasteiger partial charge in [0.15, 0.2) is 5.78 Å². The number of hydrogen-bond donors (Lipinski definition) is 2. The third kappa shape index (κ3) is 1.95. The first-order valence-electron chi connectivity index (χ1n) is 5.81. The van der Waals surface area contributed by atoms with Gasteiger partial charge in [0.1, 0.15) is 5.75 Å². The lowest BCUT2D eigenvalue weighted by molar-refractivity contribution is 0.0981. The van der Waals surface area contributed by atoms with Gasteiger partial charge in [0.2, 0.25) is 0 Å². The third-order valence-electron chi connectivity index (χ3n) is 3.16. The van der Waals surface area contributed by atoms with Gasteiger partial charge in [0.25, 0.3) is 0 Å². The van der Waals surface area contributed by atoms with Crippen LogP contribution < -0.4 is 5.73 Å². The summed E-state index contributed by atoms with van der Waals surface area (Å²) in [5.74, 6) is 0.0813. The minimum absolute atomic E-state index is 0.0289. The Hall–Kier alpha value is -1.35. The molecule has 1 aliphatic rings. The molecule has 0 radical (unpaired) electrons. The molecule has 3 nitrogen and oxygen atoms in total. The summed E-state index contributed by atoms with van der Waals surface area (Å²) in [4.78, 5) is 11.9. The van der Waals surface area contributed by atoms with Crippen molar-refractivity contribution >= 4 is 5.78 Å². The number of aryl methyl sites for hydroxylation is 1. The first kappa shape index (κ1) is 11.1. The second-order valence-electron chi connectivity index (χ2n) is 4.27. The van der Waals surface area contributed by atoms with E-state index >= 15 is 0 Å². The van der Waals surface area contributed by atoms with Crippen molar-refractivity contribution in [3.8, 4) is 5.75 Å². The summed E-state index contributed by atoms with van der Waals surface area (Å²) < 4.78 is 0. The van der Waals surface area contributed by atoms with Gasteiger partial charge < -0.3 is 10.8 Å². The largest absolute Gasteiger partial charge is 0.507 e. The zero-order valence-corrected chi connectivity index (χ0v) is 9.33. The summed E-state index contributed by atoms with van der Waals surface area (Å²) in [6.45, 7) is 0.335. The van der Waals surface area contributed by atoms with E-state index in [1.165, 1.54) is 12.0 Å². The average molecular weight is 219 g/mol. The smallest absolute Gasteiger partial charge is 0.168 e. The lowest BCUT2D eigenvalue weighted by atomic mass is 9.86. The number of Topliss-reactive ketones (excluding diaryl/α,β-unsaturated/α-hetero) is 1. The first-order valence-corrected chi connectivity index (χ1v) is 5.81. The van der Waals surface area contributed by atoms with E-state index in [1.54, 1.807) is 6.07 Å². The zero-order valence-electron chi connectivity index (χ0n) is 9.33. The fraction of sp³-hybridized carbons (Fsp3) is 0.462. The molecule has 0 saturated carbocycles. The summed E-state index contributed by atoms with van der Waals surface area (Å²) in [5, 5.41) is 9.80. The first-order chi connectivity index (χ1) is 7.74. The van der Waals surface area contributed by atoms with Gasteiger partial charge in [-0.2, -0.15) is 0 Å². The quantitative estimate of drug-likeness (QED) is 0.762. The van der Waals surface area contributed by atoms with Crippen molar-refractivity contribution in [2.75, 3.05) is 6.54 Å². The molecule has 0 atom stereocenters. The van der Waals surface area contributed by atoms with Crippen molar-refractivity contribution in [2.24, 2.45) is 5.73 Å². The van der Waals surface area contributed by atoms with Crippen LogP contribution >= 0.6 is 0 Å². The van der Waals surface area contributed by atoms with Crippen molar-refractivity contribution < 1.29 is 9.90 Å². The number of benzene rings is 1. The summed E-state index contributed by atoms with van der Waals surface area (Å²) in [6.07, 6.45) is 4.49. The molecule has 1 aromatic rings. The van der Waals surface area contributed by atoms with Crippen LogP contribution in [0.25, 0.3) is 0 Å². The Labute approximate surface area is 95.3 Å². The van der Waals surface area contributed by atoms with Crippen LogP contribution in [0.4, 0.5) is 0 Å². The van der Waals surface area contributed by atoms with Crippen molar-refractivity contribution in [1.82, 2.24) is 0 Å². The van der Waals surface area contributed by atoms with Crippen molar-refractivity contribution in [3.05, 3.63) is 28.8 Å². The lowest BCUT2D eigenvalue weighted by Crippen LogP contribution is -2.14. The number of ketones is 1. The third-order valence-corrected chi connectivity index (χ3v) is 3.16. The number of phenolic OH excluding ortho intramolecular Hbond substituents is 1. The predicted molar refractivity (Wildman–Crippen MR) is 62.8 cm³/mol. The molecule has 2 rings (SSSR count). The number of hydrogen-bond acceptors (Lipinski definition) is 3. The van der Waals surface area contributed by atoms with Crippen molar-refractivity contribution in [2.45, 2.75) is 32.1 Å². The van der Waals surface area contributed by atoms with Crippen LogP contribution in [0, 0.1) is 0 Å². The van der Waals surface area contributed by atoms with Crippen LogP contribution in [0.3, 0.4) is 0 Å². The van der Waals surface area contributed by atoms with Crippen LogP contribution in [0.1, 0.15) is 40.7 Å². The van der Waals surface area contributed by atoms with Crippen molar-refractivity contribution in [1.29, 1.82) is 0 Å². The number of rotatable bonds is 3. The Balaban J connectivity index is 2.45. The molecule has 0 unspecified atom stereocenters. The molecule has 1 aliphatic carbocycles. The molecule has 0 aromatic heterocycles. The fourth-order valence-corrected chi connectivity index (χ4v) is 2.38. The molecule has 0 bridgehead atoms. The topological polar surface area (TPSA) is 63.3 Å². The van der Waals surface area contributed by atoms with Gasteiger partial charge in [-0.05, 0) is 49.4 Å². The Morgan fingerprint density at radius 1 is 1.31 bits per heavy atom. The summed E-state index contributed by atoms with van der Waals surface area (Å²) >= 11 is 0. The molecule has 0 heterocycles. The molecule has 86 valence electrons. The average Bonchev–Trinajstić information content (AvgIpc) is 2.29. The number of carbonyl (C=O) groups excluding carboxylic acids is 1. The molecule has 0 amide bonds. The second-order valence-corrected chi connectivity index (χ2v) is 4.27. The van der Waals surface area contributed by atoms with Crippen LogP contribution in [-0.4, -0.2) is 17.4 Å². The molecule has 16 heavy (non-hydrogen) atoms. The highest BCUT2D eigenvalue weighted by atomic mass is 16.3. The number of phenols is 1. The SMILES string of the molecule is NCCC(=O)c1c(O)ccc2c1CCCC2. The molecule has 1 aromatic carbocycles. The highest BCUT2D eigenvalue weighted by Crippen LogP contribution is 2.31. The molecule has 3 heteroatoms. The van der Waals surface area contributed by atoms with E-state index in [-0.39, 0.29) is 11.5 Å². The van der Waals surface area contributed by atoms with Gasteiger partial charge in [0.05, 0.1) is 5.56 Å². The van der Waals surface area contributed by atoms with Gasteiger partial charge in [-0.1, -0.05) is 6.07 Å². The van der Waals surface area contributed by atoms with E-state index in [0.717, 1.165) is 24.8 Å². The van der Waals surface area contributed by atoms with E-state index in [9.17, 15) is 9.90 Å². The molecular weight excluding hydrogens is 202 g/mol. The Morgan fingerprint density at radius 3 is 2.81 bits per heavy atom. The van der Waals surface area contributed by atoms with E-state index in [1.807, 2.05) is 6.07 Å². The monoisotopic (exact) mass is 219 g/mol. The van der Waals surface area contributed by atoms with Crippen LogP contribution in [-0.2, 0) is 12.8 Å². The van der Waals surface area contributed by atoms with Crippen LogP contribution in [0.2, 0.25) is 0 Å². The Kier molecular flexibility index (Phi) is 3.25. The van der Waals surface area contributed by atoms with E-state index < -0.39 is 0 Å². The molecule has 3 N–H and O–H groups in total. The summed E-state index contributed by atoms with van der Waals surface area (Å²) in [5.41, 5.74) is 8.17. The minimum Gasteiger partial charge on any atom is -0.507 e. The van der Waals surface area contributed by atoms with Crippen LogP contribution in [0.15, 0.2) is 12.1 Å². The van der Waals surface area contributed by atoms with E-state index in [4.69, 9.17) is 5.73 Å². The highest BCUT2D eigenvalue weighted by molar-refractivity contribution is 6.00. The van der Waals surface area contributed by atoms with Crippen LogP contribution in [0.5, 0.6) is 5.75 Å².